The summed E-state index contributed by atoms with van der Waals surface area (Å²) in [5.74, 6) is 0.0239. The van der Waals surface area contributed by atoms with Gasteiger partial charge in [0.25, 0.3) is 0 Å². The summed E-state index contributed by atoms with van der Waals surface area (Å²) in [6.07, 6.45) is 6.73. The smallest absolute Gasteiger partial charge is 0.416 e. The van der Waals surface area contributed by atoms with Gasteiger partial charge in [0.1, 0.15) is 18.5 Å². The van der Waals surface area contributed by atoms with Crippen LogP contribution in [0.4, 0.5) is 13.2 Å². The van der Waals surface area contributed by atoms with E-state index in [0.717, 1.165) is 49.5 Å². The Bertz CT molecular complexity index is 1150. The first kappa shape index (κ1) is 37.6. The van der Waals surface area contributed by atoms with Crippen LogP contribution in [-0.2, 0) is 24.6 Å². The monoisotopic (exact) mass is 668 g/mol. The third kappa shape index (κ3) is 10.3. The molecule has 0 spiro atoms. The van der Waals surface area contributed by atoms with Crippen LogP contribution in [0.1, 0.15) is 79.2 Å². The summed E-state index contributed by atoms with van der Waals surface area (Å²) < 4.78 is 66.1. The Morgan fingerprint density at radius 1 is 1.07 bits per heavy atom. The zero-order valence-corrected chi connectivity index (χ0v) is 30.5. The number of benzene rings is 1. The van der Waals surface area contributed by atoms with Gasteiger partial charge in [0.05, 0.1) is 17.8 Å². The molecule has 1 heterocycles. The van der Waals surface area contributed by atoms with Crippen molar-refractivity contribution in [3.05, 3.63) is 54.1 Å². The molecule has 0 radical (unpaired) electrons. The molecular formula is C35H55F3O5Si2. The predicted octanol–water partition coefficient (Wildman–Crippen LogP) is 10.1. The first-order chi connectivity index (χ1) is 21.0. The Morgan fingerprint density at radius 2 is 1.76 bits per heavy atom. The van der Waals surface area contributed by atoms with Gasteiger partial charge < -0.3 is 18.3 Å². The number of fused-ring (bicyclic) bond motifs is 1. The minimum absolute atomic E-state index is 0.00730. The lowest BCUT2D eigenvalue weighted by Crippen LogP contribution is -2.45. The van der Waals surface area contributed by atoms with Crippen LogP contribution < -0.4 is 4.74 Å². The maximum absolute atomic E-state index is 13.4. The van der Waals surface area contributed by atoms with Crippen LogP contribution in [-0.4, -0.2) is 47.5 Å². The van der Waals surface area contributed by atoms with E-state index in [0.29, 0.717) is 12.8 Å². The zero-order valence-electron chi connectivity index (χ0n) is 28.5. The van der Waals surface area contributed by atoms with Crippen molar-refractivity contribution in [2.24, 2.45) is 11.8 Å². The van der Waals surface area contributed by atoms with Crippen molar-refractivity contribution in [3.8, 4) is 5.75 Å². The molecule has 254 valence electrons. The molecule has 10 heteroatoms. The summed E-state index contributed by atoms with van der Waals surface area (Å²) in [6, 6.07) is 7.79. The maximum atomic E-state index is 13.4. The van der Waals surface area contributed by atoms with Crippen LogP contribution in [0.3, 0.4) is 0 Å². The second-order valence-electron chi connectivity index (χ2n) is 14.1. The number of rotatable bonds is 12. The van der Waals surface area contributed by atoms with Crippen LogP contribution in [0, 0.1) is 11.8 Å². The highest BCUT2D eigenvalue weighted by molar-refractivity contribution is 6.74. The molecule has 5 atom stereocenters. The van der Waals surface area contributed by atoms with E-state index in [4.69, 9.17) is 18.3 Å². The van der Waals surface area contributed by atoms with E-state index >= 15 is 0 Å². The molecule has 1 aromatic rings. The van der Waals surface area contributed by atoms with Crippen LogP contribution >= 0.6 is 0 Å². The van der Waals surface area contributed by atoms with Gasteiger partial charge in [-0.05, 0) is 73.7 Å². The van der Waals surface area contributed by atoms with E-state index in [-0.39, 0.29) is 47.4 Å². The molecule has 5 nitrogen and oxygen atoms in total. The lowest BCUT2D eigenvalue weighted by molar-refractivity contribution is -0.151. The summed E-state index contributed by atoms with van der Waals surface area (Å²) in [6.45, 7) is 17.7. The number of carbonyl (C=O) groups is 1. The van der Waals surface area contributed by atoms with E-state index in [1.165, 1.54) is 6.07 Å². The van der Waals surface area contributed by atoms with Crippen molar-refractivity contribution in [1.82, 2.24) is 0 Å². The van der Waals surface area contributed by atoms with Crippen molar-refractivity contribution in [2.45, 2.75) is 134 Å². The van der Waals surface area contributed by atoms with Crippen molar-refractivity contribution in [3.63, 3.8) is 0 Å². The summed E-state index contributed by atoms with van der Waals surface area (Å²) in [7, 11) is -4.27. The quantitative estimate of drug-likeness (QED) is 0.126. The normalized spacial score (nSPS) is 24.4. The van der Waals surface area contributed by atoms with Crippen LogP contribution in [0.15, 0.2) is 48.6 Å². The van der Waals surface area contributed by atoms with Gasteiger partial charge in [0, 0.05) is 24.7 Å². The molecule has 0 saturated heterocycles. The highest BCUT2D eigenvalue weighted by Gasteiger charge is 2.48. The fourth-order valence-electron chi connectivity index (χ4n) is 6.08. The lowest BCUT2D eigenvalue weighted by Gasteiger charge is -2.40. The van der Waals surface area contributed by atoms with Gasteiger partial charge in [-0.15, -0.1) is 0 Å². The fraction of sp³-hybridized carbons (Fsp3) is 0.686. The van der Waals surface area contributed by atoms with Gasteiger partial charge in [-0.25, -0.2) is 0 Å². The molecule has 0 bridgehead atoms. The van der Waals surface area contributed by atoms with E-state index < -0.39 is 34.5 Å². The Labute approximate surface area is 271 Å². The average molecular weight is 669 g/mol. The third-order valence-corrected chi connectivity index (χ3v) is 19.4. The van der Waals surface area contributed by atoms with Gasteiger partial charge >= 0.3 is 12.1 Å². The third-order valence-electron chi connectivity index (χ3n) is 10.2. The first-order valence-corrected chi connectivity index (χ1v) is 22.2. The van der Waals surface area contributed by atoms with Crippen LogP contribution in [0.5, 0.6) is 5.75 Å². The van der Waals surface area contributed by atoms with E-state index in [9.17, 15) is 18.0 Å². The fourth-order valence-corrected chi connectivity index (χ4v) is 10.2. The average Bonchev–Trinajstić information content (AvgIpc) is 3.28. The molecule has 3 rings (SSSR count). The van der Waals surface area contributed by atoms with Gasteiger partial charge in [-0.2, -0.15) is 13.2 Å². The molecule has 1 fully saturated rings. The molecular weight excluding hydrogens is 614 g/mol. The Hall–Kier alpha value is -1.89. The maximum Gasteiger partial charge on any atom is 0.416 e. The van der Waals surface area contributed by atoms with E-state index in [1.807, 2.05) is 6.08 Å². The number of hydrogen-bond acceptors (Lipinski definition) is 5. The molecule has 1 aromatic carbocycles. The highest BCUT2D eigenvalue weighted by Crippen LogP contribution is 2.45. The molecule has 0 N–H and O–H groups in total. The van der Waals surface area contributed by atoms with Gasteiger partial charge in [-0.1, -0.05) is 71.9 Å². The van der Waals surface area contributed by atoms with Crippen molar-refractivity contribution >= 4 is 22.6 Å². The summed E-state index contributed by atoms with van der Waals surface area (Å²) in [5, 5.41) is 0.00730. The number of allylic oxidation sites excluding steroid dienone is 2. The largest absolute Gasteiger partial charge is 0.491 e. The second kappa shape index (κ2) is 15.8. The Kier molecular flexibility index (Phi) is 13.2. The molecule has 1 aliphatic carbocycles. The lowest BCUT2D eigenvalue weighted by atomic mass is 9.89. The molecule has 2 aliphatic rings. The SMILES string of the molecule is CC[Si](CC)(CC)OC(/C=C/[C@@H]1[C@H]2CC=CCCCC(=O)O[C@H]2C[C@H]1O[Si](C)(C)C(C)(C)C)COc1cccc(C(F)(F)F)c1. The van der Waals surface area contributed by atoms with E-state index in [1.54, 1.807) is 6.07 Å². The Balaban J connectivity index is 1.97. The summed E-state index contributed by atoms with van der Waals surface area (Å²) in [4.78, 5) is 12.7. The van der Waals surface area contributed by atoms with Crippen LogP contribution in [0.2, 0.25) is 36.3 Å². The first-order valence-electron chi connectivity index (χ1n) is 16.7. The number of carbonyl (C=O) groups excluding carboxylic acids is 1. The predicted molar refractivity (Wildman–Crippen MR) is 179 cm³/mol. The van der Waals surface area contributed by atoms with Gasteiger partial charge in [0.2, 0.25) is 0 Å². The minimum Gasteiger partial charge on any atom is -0.491 e. The number of hydrogen-bond donors (Lipinski definition) is 0. The molecule has 1 aliphatic heterocycles. The molecule has 1 unspecified atom stereocenters. The zero-order chi connectivity index (χ0) is 33.5. The number of alkyl halides is 3. The summed E-state index contributed by atoms with van der Waals surface area (Å²) in [5.41, 5.74) is -0.742. The Morgan fingerprint density at radius 3 is 2.38 bits per heavy atom. The van der Waals surface area contributed by atoms with Crippen LogP contribution in [0.25, 0.3) is 0 Å². The molecule has 0 amide bonds. The second-order valence-corrected chi connectivity index (χ2v) is 23.6. The van der Waals surface area contributed by atoms with Crippen molar-refractivity contribution in [2.75, 3.05) is 6.61 Å². The van der Waals surface area contributed by atoms with Crippen molar-refractivity contribution < 1.29 is 36.3 Å². The molecule has 1 saturated carbocycles. The number of halogens is 3. The van der Waals surface area contributed by atoms with Crippen molar-refractivity contribution in [1.29, 1.82) is 0 Å². The van der Waals surface area contributed by atoms with Gasteiger partial charge in [0.15, 0.2) is 16.6 Å². The summed E-state index contributed by atoms with van der Waals surface area (Å²) >= 11 is 0. The highest BCUT2D eigenvalue weighted by atomic mass is 28.4. The number of esters is 1. The minimum atomic E-state index is -4.45. The standard InChI is InChI=1S/C35H55F3O5Si2/c1-9-45(10-2,11-3)42-28(25-40-27-18-16-17-26(23-27)35(36,37)38)21-22-30-29-19-14-12-13-15-20-33(39)41-31(29)24-32(30)43-44(7,8)34(4,5)6/h12,14,16-18,21-23,28-32H,9-11,13,15,19-20,24-25H2,1-8H3/b14-12?,22-21+/t28?,29-,30-,31+,32-/m1/s1. The van der Waals surface area contributed by atoms with Gasteiger partial charge in [-0.3, -0.25) is 4.79 Å². The molecule has 45 heavy (non-hydrogen) atoms. The molecule has 0 aromatic heterocycles. The number of ether oxygens (including phenoxy) is 2. The van der Waals surface area contributed by atoms with E-state index in [2.05, 4.69) is 72.9 Å². The topological polar surface area (TPSA) is 54.0 Å².